The number of nitrogens with two attached hydrogens (primary N) is 1. The van der Waals surface area contributed by atoms with Gasteiger partial charge in [-0.1, -0.05) is 26.1 Å². The Morgan fingerprint density at radius 2 is 2.05 bits per heavy atom. The minimum absolute atomic E-state index is 0.0698. The number of nitrogens with zero attached hydrogens (tertiary/aromatic N) is 1. The van der Waals surface area contributed by atoms with Gasteiger partial charge in [0.25, 0.3) is 0 Å². The van der Waals surface area contributed by atoms with Crippen LogP contribution in [0.25, 0.3) is 0 Å². The Morgan fingerprint density at radius 1 is 1.47 bits per heavy atom. The average molecular weight is 286 g/mol. The minimum Gasteiger partial charge on any atom is -0.444 e. The molecule has 1 amide bonds. The van der Waals surface area contributed by atoms with Crippen molar-refractivity contribution >= 4 is 23.3 Å². The van der Waals surface area contributed by atoms with E-state index in [0.717, 1.165) is 12.8 Å². The van der Waals surface area contributed by atoms with Crippen molar-refractivity contribution in [3.8, 4) is 0 Å². The molecule has 0 saturated carbocycles. The van der Waals surface area contributed by atoms with Gasteiger partial charge in [0, 0.05) is 19.0 Å². The Kier molecular flexibility index (Phi) is 4.82. The Bertz CT molecular complexity index is 361. The number of ether oxygens (including phenoxy) is 1. The lowest BCUT2D eigenvalue weighted by Crippen LogP contribution is -2.52. The second-order valence-electron chi connectivity index (χ2n) is 7.14. The highest BCUT2D eigenvalue weighted by atomic mass is 32.1. The molecular weight excluding hydrogens is 260 g/mol. The minimum atomic E-state index is -0.480. The standard InChI is InChI=1S/C14H26N2O2S/c1-13(2,3)18-12(17)16-9-14(4,5)7-6-10(16)8-11(15)19/h10H,6-9H2,1-5H3,(H2,15,19). The number of rotatable bonds is 2. The highest BCUT2D eigenvalue weighted by Gasteiger charge is 2.37. The number of carbonyl (C=O) groups excluding carboxylic acids is 1. The summed E-state index contributed by atoms with van der Waals surface area (Å²) in [5, 5.41) is 0. The molecule has 4 nitrogen and oxygen atoms in total. The third-order valence-electron chi connectivity index (χ3n) is 3.26. The first kappa shape index (κ1) is 16.2. The number of amides is 1. The van der Waals surface area contributed by atoms with Crippen LogP contribution in [0.15, 0.2) is 0 Å². The summed E-state index contributed by atoms with van der Waals surface area (Å²) in [4.78, 5) is 14.6. The van der Waals surface area contributed by atoms with E-state index in [-0.39, 0.29) is 17.6 Å². The van der Waals surface area contributed by atoms with Crippen molar-refractivity contribution in [3.05, 3.63) is 0 Å². The first-order valence-electron chi connectivity index (χ1n) is 6.78. The molecule has 0 bridgehead atoms. The molecular formula is C14H26N2O2S. The molecule has 1 heterocycles. The van der Waals surface area contributed by atoms with Crippen LogP contribution >= 0.6 is 12.2 Å². The maximum Gasteiger partial charge on any atom is 0.410 e. The number of hydrogen-bond acceptors (Lipinski definition) is 3. The molecule has 1 aliphatic heterocycles. The summed E-state index contributed by atoms with van der Waals surface area (Å²) in [6.45, 7) is 10.7. The maximum absolute atomic E-state index is 12.3. The number of likely N-dealkylation sites (tertiary alicyclic amines) is 1. The molecule has 2 N–H and O–H groups in total. The second kappa shape index (κ2) is 5.65. The van der Waals surface area contributed by atoms with E-state index in [1.54, 1.807) is 4.90 Å². The van der Waals surface area contributed by atoms with Crippen LogP contribution in [0.3, 0.4) is 0 Å². The fourth-order valence-corrected chi connectivity index (χ4v) is 2.55. The number of piperidine rings is 1. The summed E-state index contributed by atoms with van der Waals surface area (Å²) in [5.41, 5.74) is 5.27. The summed E-state index contributed by atoms with van der Waals surface area (Å²) in [7, 11) is 0. The van der Waals surface area contributed by atoms with Crippen molar-refractivity contribution < 1.29 is 9.53 Å². The maximum atomic E-state index is 12.3. The van der Waals surface area contributed by atoms with Gasteiger partial charge in [-0.05, 0) is 39.0 Å². The van der Waals surface area contributed by atoms with E-state index in [1.165, 1.54) is 0 Å². The van der Waals surface area contributed by atoms with Crippen molar-refractivity contribution in [2.24, 2.45) is 11.1 Å². The quantitative estimate of drug-likeness (QED) is 0.793. The first-order chi connectivity index (χ1) is 8.50. The highest BCUT2D eigenvalue weighted by Crippen LogP contribution is 2.34. The van der Waals surface area contributed by atoms with Gasteiger partial charge in [-0.25, -0.2) is 4.79 Å². The average Bonchev–Trinajstić information content (AvgIpc) is 2.17. The zero-order valence-electron chi connectivity index (χ0n) is 12.7. The van der Waals surface area contributed by atoms with Crippen molar-refractivity contribution in [2.75, 3.05) is 6.54 Å². The molecule has 1 saturated heterocycles. The Labute approximate surface area is 121 Å². The largest absolute Gasteiger partial charge is 0.444 e. The molecule has 19 heavy (non-hydrogen) atoms. The van der Waals surface area contributed by atoms with Gasteiger partial charge in [0.15, 0.2) is 0 Å². The smallest absolute Gasteiger partial charge is 0.410 e. The van der Waals surface area contributed by atoms with E-state index in [1.807, 2.05) is 20.8 Å². The zero-order valence-corrected chi connectivity index (χ0v) is 13.5. The molecule has 110 valence electrons. The van der Waals surface area contributed by atoms with Crippen molar-refractivity contribution in [3.63, 3.8) is 0 Å². The van der Waals surface area contributed by atoms with Gasteiger partial charge in [0.1, 0.15) is 5.60 Å². The highest BCUT2D eigenvalue weighted by molar-refractivity contribution is 7.80. The lowest BCUT2D eigenvalue weighted by atomic mass is 9.80. The SMILES string of the molecule is CC1(C)CCC(CC(N)=S)N(C(=O)OC(C)(C)C)C1. The van der Waals surface area contributed by atoms with Crippen LogP contribution in [0, 0.1) is 5.41 Å². The fourth-order valence-electron chi connectivity index (χ4n) is 2.36. The third kappa shape index (κ3) is 5.35. The Hall–Kier alpha value is -0.840. The van der Waals surface area contributed by atoms with Gasteiger partial charge in [0.05, 0.1) is 4.99 Å². The molecule has 0 aliphatic carbocycles. The lowest BCUT2D eigenvalue weighted by Gasteiger charge is -2.43. The molecule has 0 spiro atoms. The molecule has 0 aromatic carbocycles. The van der Waals surface area contributed by atoms with Crippen LogP contribution in [-0.4, -0.2) is 34.2 Å². The Morgan fingerprint density at radius 3 is 2.53 bits per heavy atom. The predicted octanol–water partition coefficient (Wildman–Crippen LogP) is 3.09. The van der Waals surface area contributed by atoms with E-state index in [9.17, 15) is 4.79 Å². The van der Waals surface area contributed by atoms with E-state index >= 15 is 0 Å². The third-order valence-corrected chi connectivity index (χ3v) is 3.42. The molecule has 1 rings (SSSR count). The summed E-state index contributed by atoms with van der Waals surface area (Å²) in [6.07, 6.45) is 2.30. The van der Waals surface area contributed by atoms with E-state index < -0.39 is 5.60 Å². The van der Waals surface area contributed by atoms with Crippen molar-refractivity contribution in [1.82, 2.24) is 4.90 Å². The molecule has 5 heteroatoms. The van der Waals surface area contributed by atoms with Crippen LogP contribution in [0.4, 0.5) is 4.79 Å². The van der Waals surface area contributed by atoms with Crippen LogP contribution in [0.1, 0.15) is 53.9 Å². The van der Waals surface area contributed by atoms with Gasteiger partial charge in [-0.15, -0.1) is 0 Å². The normalized spacial score (nSPS) is 23.0. The molecule has 0 radical (unpaired) electrons. The summed E-state index contributed by atoms with van der Waals surface area (Å²) in [6, 6.07) is 0.0698. The van der Waals surface area contributed by atoms with Gasteiger partial charge in [0.2, 0.25) is 0 Å². The van der Waals surface area contributed by atoms with Crippen LogP contribution in [0.2, 0.25) is 0 Å². The predicted molar refractivity (Wildman–Crippen MR) is 81.1 cm³/mol. The molecule has 1 atom stereocenters. The van der Waals surface area contributed by atoms with Crippen molar-refractivity contribution in [1.29, 1.82) is 0 Å². The number of carbonyl (C=O) groups is 1. The number of hydrogen-bond donors (Lipinski definition) is 1. The monoisotopic (exact) mass is 286 g/mol. The molecule has 1 aliphatic rings. The molecule has 0 aromatic heterocycles. The van der Waals surface area contributed by atoms with E-state index in [2.05, 4.69) is 13.8 Å². The van der Waals surface area contributed by atoms with Crippen LogP contribution in [0.5, 0.6) is 0 Å². The summed E-state index contributed by atoms with van der Waals surface area (Å²) >= 11 is 4.98. The van der Waals surface area contributed by atoms with Crippen molar-refractivity contribution in [2.45, 2.75) is 65.5 Å². The van der Waals surface area contributed by atoms with Crippen LogP contribution < -0.4 is 5.73 Å². The fraction of sp³-hybridized carbons (Fsp3) is 0.857. The summed E-state index contributed by atoms with van der Waals surface area (Å²) < 4.78 is 5.49. The van der Waals surface area contributed by atoms with Gasteiger partial charge in [-0.3, -0.25) is 0 Å². The summed E-state index contributed by atoms with van der Waals surface area (Å²) in [5.74, 6) is 0. The lowest BCUT2D eigenvalue weighted by molar-refractivity contribution is -0.00616. The van der Waals surface area contributed by atoms with Gasteiger partial charge >= 0.3 is 6.09 Å². The second-order valence-corrected chi connectivity index (χ2v) is 7.66. The van der Waals surface area contributed by atoms with E-state index in [0.29, 0.717) is 18.0 Å². The first-order valence-corrected chi connectivity index (χ1v) is 7.19. The van der Waals surface area contributed by atoms with E-state index in [4.69, 9.17) is 22.7 Å². The Balaban J connectivity index is 2.81. The molecule has 1 fully saturated rings. The molecule has 0 aromatic rings. The molecule has 1 unspecified atom stereocenters. The zero-order chi connectivity index (χ0) is 14.8. The van der Waals surface area contributed by atoms with Gasteiger partial charge in [-0.2, -0.15) is 0 Å². The topological polar surface area (TPSA) is 55.6 Å². The number of thiocarbonyl (C=S) groups is 1. The van der Waals surface area contributed by atoms with Crippen LogP contribution in [-0.2, 0) is 4.74 Å². The van der Waals surface area contributed by atoms with Gasteiger partial charge < -0.3 is 15.4 Å².